The van der Waals surface area contributed by atoms with E-state index in [1.807, 2.05) is 42.2 Å². The van der Waals surface area contributed by atoms with Crippen LogP contribution < -0.4 is 4.90 Å². The van der Waals surface area contributed by atoms with Gasteiger partial charge in [0.15, 0.2) is 0 Å². The van der Waals surface area contributed by atoms with Gasteiger partial charge in [0.1, 0.15) is 0 Å². The summed E-state index contributed by atoms with van der Waals surface area (Å²) in [5, 5.41) is 14.2. The molecule has 2 aromatic heterocycles. The fraction of sp³-hybridized carbons (Fsp3) is 0.450. The number of thioether (sulfide) groups is 1. The Morgan fingerprint density at radius 3 is 1.97 bits per heavy atom. The standard InChI is InChI=1S/C16H18N4OS.2C2HF3O2/c1-2-5-17-13(4-1)9-21-14-8-16(22-10-14)11-20(12-16)15-18-6-3-7-19-15;2*3-2(4,5)1(6)7/h1-7,14H,8-12H2;2*(H,6,7). The molecule has 0 amide bonds. The van der Waals surface area contributed by atoms with Gasteiger partial charge in [0, 0.05) is 37.4 Å². The van der Waals surface area contributed by atoms with Crippen LogP contribution in [0.3, 0.4) is 0 Å². The van der Waals surface area contributed by atoms with Crippen LogP contribution >= 0.6 is 11.8 Å². The zero-order chi connectivity index (χ0) is 27.0. The summed E-state index contributed by atoms with van der Waals surface area (Å²) in [6.07, 6.45) is -3.33. The number of rotatable bonds is 4. The molecule has 2 saturated heterocycles. The van der Waals surface area contributed by atoms with E-state index in [0.717, 1.165) is 36.9 Å². The fourth-order valence-corrected chi connectivity index (χ4v) is 4.61. The van der Waals surface area contributed by atoms with Gasteiger partial charge in [0.25, 0.3) is 0 Å². The third kappa shape index (κ3) is 9.14. The number of carboxylic acids is 2. The Morgan fingerprint density at radius 2 is 1.50 bits per heavy atom. The zero-order valence-electron chi connectivity index (χ0n) is 18.2. The molecule has 1 spiro atoms. The van der Waals surface area contributed by atoms with Gasteiger partial charge in [0.2, 0.25) is 5.95 Å². The molecule has 4 rings (SSSR count). The van der Waals surface area contributed by atoms with Crippen molar-refractivity contribution in [2.75, 3.05) is 23.7 Å². The lowest BCUT2D eigenvalue weighted by Gasteiger charge is -2.47. The van der Waals surface area contributed by atoms with Crippen LogP contribution in [0.5, 0.6) is 0 Å². The van der Waals surface area contributed by atoms with E-state index >= 15 is 0 Å². The van der Waals surface area contributed by atoms with Gasteiger partial charge >= 0.3 is 24.3 Å². The molecule has 0 aliphatic carbocycles. The largest absolute Gasteiger partial charge is 0.490 e. The number of aliphatic carboxylic acids is 2. The predicted octanol–water partition coefficient (Wildman–Crippen LogP) is 3.42. The topological polar surface area (TPSA) is 126 Å². The molecule has 2 aliphatic rings. The number of ether oxygens (including phenoxy) is 1. The highest BCUT2D eigenvalue weighted by Crippen LogP contribution is 2.46. The molecule has 36 heavy (non-hydrogen) atoms. The van der Waals surface area contributed by atoms with Crippen molar-refractivity contribution in [2.45, 2.75) is 36.2 Å². The molecule has 9 nitrogen and oxygen atoms in total. The van der Waals surface area contributed by atoms with Crippen LogP contribution in [0.4, 0.5) is 32.3 Å². The molecule has 16 heteroatoms. The summed E-state index contributed by atoms with van der Waals surface area (Å²) in [5.41, 5.74) is 1.00. The maximum absolute atomic E-state index is 10.6. The molecule has 1 unspecified atom stereocenters. The van der Waals surface area contributed by atoms with Crippen molar-refractivity contribution in [3.05, 3.63) is 48.5 Å². The van der Waals surface area contributed by atoms with E-state index in [0.29, 0.717) is 17.5 Å². The lowest BCUT2D eigenvalue weighted by atomic mass is 9.93. The fourth-order valence-electron chi connectivity index (χ4n) is 3.06. The van der Waals surface area contributed by atoms with Crippen molar-refractivity contribution in [3.63, 3.8) is 0 Å². The van der Waals surface area contributed by atoms with Crippen molar-refractivity contribution >= 4 is 29.6 Å². The van der Waals surface area contributed by atoms with Crippen LogP contribution in [0.15, 0.2) is 42.9 Å². The minimum atomic E-state index is -5.08. The van der Waals surface area contributed by atoms with Crippen molar-refractivity contribution in [2.24, 2.45) is 0 Å². The van der Waals surface area contributed by atoms with Gasteiger partial charge in [-0.15, -0.1) is 11.8 Å². The minimum absolute atomic E-state index is 0.325. The molecule has 2 N–H and O–H groups in total. The summed E-state index contributed by atoms with van der Waals surface area (Å²) >= 11 is 2.03. The number of anilines is 1. The monoisotopic (exact) mass is 542 g/mol. The number of halogens is 6. The maximum atomic E-state index is 10.6. The van der Waals surface area contributed by atoms with Crippen LogP contribution in [-0.4, -0.2) is 79.1 Å². The van der Waals surface area contributed by atoms with Crippen molar-refractivity contribution in [3.8, 4) is 0 Å². The Morgan fingerprint density at radius 1 is 0.972 bits per heavy atom. The zero-order valence-corrected chi connectivity index (χ0v) is 19.1. The van der Waals surface area contributed by atoms with Crippen LogP contribution in [0, 0.1) is 0 Å². The molecule has 2 fully saturated rings. The van der Waals surface area contributed by atoms with Gasteiger partial charge in [-0.1, -0.05) is 6.07 Å². The number of hydrogen-bond acceptors (Lipinski definition) is 8. The normalized spacial score (nSPS) is 18.3. The lowest BCUT2D eigenvalue weighted by molar-refractivity contribution is -0.193. The summed E-state index contributed by atoms with van der Waals surface area (Å²) in [6, 6.07) is 7.79. The minimum Gasteiger partial charge on any atom is -0.475 e. The number of pyridine rings is 1. The number of aromatic nitrogens is 3. The molecule has 0 saturated carbocycles. The van der Waals surface area contributed by atoms with E-state index in [-0.39, 0.29) is 0 Å². The summed E-state index contributed by atoms with van der Waals surface area (Å²) in [4.78, 5) is 33.0. The number of alkyl halides is 6. The highest BCUT2D eigenvalue weighted by Gasteiger charge is 2.50. The second-order valence-electron chi connectivity index (χ2n) is 7.46. The third-order valence-corrected chi connectivity index (χ3v) is 6.22. The Kier molecular flexibility index (Phi) is 9.86. The molecular formula is C20H20F6N4O5S. The van der Waals surface area contributed by atoms with E-state index in [9.17, 15) is 26.3 Å². The number of nitrogens with zero attached hydrogens (tertiary/aromatic N) is 4. The Bertz CT molecular complexity index is 968. The van der Waals surface area contributed by atoms with Gasteiger partial charge in [-0.05, 0) is 24.6 Å². The highest BCUT2D eigenvalue weighted by atomic mass is 32.2. The van der Waals surface area contributed by atoms with Crippen LogP contribution in [0.1, 0.15) is 12.1 Å². The lowest BCUT2D eigenvalue weighted by Crippen LogP contribution is -2.59. The summed E-state index contributed by atoms with van der Waals surface area (Å²) in [5.74, 6) is -3.61. The van der Waals surface area contributed by atoms with E-state index in [2.05, 4.69) is 19.9 Å². The Labute approximate surface area is 204 Å². The van der Waals surface area contributed by atoms with E-state index < -0.39 is 24.3 Å². The molecule has 0 bridgehead atoms. The van der Waals surface area contributed by atoms with Gasteiger partial charge in [0.05, 0.1) is 23.2 Å². The molecular weight excluding hydrogens is 522 g/mol. The number of hydrogen-bond donors (Lipinski definition) is 2. The second kappa shape index (κ2) is 12.2. The number of carboxylic acid groups (broad SMARTS) is 2. The van der Waals surface area contributed by atoms with Crippen LogP contribution in [0.25, 0.3) is 0 Å². The average molecular weight is 542 g/mol. The van der Waals surface area contributed by atoms with Crippen molar-refractivity contribution in [1.82, 2.24) is 15.0 Å². The Balaban J connectivity index is 0.000000271. The summed E-state index contributed by atoms with van der Waals surface area (Å²) in [7, 11) is 0. The van der Waals surface area contributed by atoms with Crippen molar-refractivity contribution in [1.29, 1.82) is 0 Å². The molecule has 198 valence electrons. The summed E-state index contributed by atoms with van der Waals surface area (Å²) < 4.78 is 69.8. The number of carbonyl (C=O) groups is 2. The van der Waals surface area contributed by atoms with Crippen molar-refractivity contribution < 1.29 is 50.9 Å². The Hall–Kier alpha value is -3.14. The smallest absolute Gasteiger partial charge is 0.475 e. The van der Waals surface area contributed by atoms with E-state index in [1.165, 1.54) is 0 Å². The predicted molar refractivity (Wildman–Crippen MR) is 114 cm³/mol. The van der Waals surface area contributed by atoms with Gasteiger partial charge in [-0.2, -0.15) is 26.3 Å². The first-order valence-electron chi connectivity index (χ1n) is 9.99. The highest BCUT2D eigenvalue weighted by molar-refractivity contribution is 8.01. The SMILES string of the molecule is O=C(O)C(F)(F)F.O=C(O)C(F)(F)F.c1ccc(COC2CSC3(C2)CN(c2ncccn2)C3)nc1. The van der Waals surface area contributed by atoms with Gasteiger partial charge in [-0.25, -0.2) is 19.6 Å². The first-order valence-corrected chi connectivity index (χ1v) is 11.0. The van der Waals surface area contributed by atoms with E-state index in [4.69, 9.17) is 24.5 Å². The first-order chi connectivity index (χ1) is 16.7. The summed E-state index contributed by atoms with van der Waals surface area (Å²) in [6.45, 7) is 2.64. The molecule has 4 heterocycles. The van der Waals surface area contributed by atoms with Crippen LogP contribution in [0.2, 0.25) is 0 Å². The van der Waals surface area contributed by atoms with Gasteiger partial charge in [-0.3, -0.25) is 4.98 Å². The molecule has 2 aliphatic heterocycles. The third-order valence-electron chi connectivity index (χ3n) is 4.65. The van der Waals surface area contributed by atoms with Crippen LogP contribution in [-0.2, 0) is 20.9 Å². The average Bonchev–Trinajstić information content (AvgIpc) is 3.22. The molecule has 1 atom stereocenters. The quantitative estimate of drug-likeness (QED) is 0.555. The molecule has 0 radical (unpaired) electrons. The molecule has 2 aromatic rings. The molecule has 0 aromatic carbocycles. The van der Waals surface area contributed by atoms with E-state index in [1.54, 1.807) is 12.4 Å². The maximum Gasteiger partial charge on any atom is 0.490 e. The van der Waals surface area contributed by atoms with Gasteiger partial charge < -0.3 is 19.8 Å². The first kappa shape index (κ1) is 29.1. The second-order valence-corrected chi connectivity index (χ2v) is 8.95.